The molecule has 0 aliphatic carbocycles. The highest BCUT2D eigenvalue weighted by atomic mass is 35.5. The molecule has 0 amide bonds. The predicted octanol–water partition coefficient (Wildman–Crippen LogP) is 2.06. The number of halogens is 1. The maximum Gasteiger partial charge on any atom is 0.270 e. The van der Waals surface area contributed by atoms with Crippen molar-refractivity contribution in [1.82, 2.24) is 4.72 Å². The lowest BCUT2D eigenvalue weighted by Gasteiger charge is -2.30. The van der Waals surface area contributed by atoms with Gasteiger partial charge in [0.1, 0.15) is 0 Å². The quantitative estimate of drug-likeness (QED) is 0.576. The number of sulfonamides is 1. The molecule has 1 unspecified atom stereocenters. The lowest BCUT2D eigenvalue weighted by molar-refractivity contribution is -0.385. The molecule has 9 heteroatoms. The summed E-state index contributed by atoms with van der Waals surface area (Å²) in [4.78, 5) is 9.97. The number of nitro groups is 1. The largest absolute Gasteiger partial charge is 0.329 e. The van der Waals surface area contributed by atoms with E-state index in [1.807, 2.05) is 13.8 Å². The molecule has 1 aromatic rings. The predicted molar refractivity (Wildman–Crippen MR) is 87.6 cm³/mol. The molecular weight excluding hydrogens is 330 g/mol. The van der Waals surface area contributed by atoms with Gasteiger partial charge in [0.2, 0.25) is 10.0 Å². The molecule has 0 spiro atoms. The highest BCUT2D eigenvalue weighted by molar-refractivity contribution is 7.89. The lowest BCUT2D eigenvalue weighted by atomic mass is 9.92. The first-order chi connectivity index (χ1) is 9.59. The summed E-state index contributed by atoms with van der Waals surface area (Å²) in [5.74, 6) is 0.256. The van der Waals surface area contributed by atoms with Crippen LogP contribution in [0.5, 0.6) is 0 Å². The van der Waals surface area contributed by atoms with Gasteiger partial charge in [-0.1, -0.05) is 19.9 Å². The molecule has 22 heavy (non-hydrogen) atoms. The zero-order chi connectivity index (χ0) is 16.3. The molecule has 0 saturated heterocycles. The molecule has 126 valence electrons. The van der Waals surface area contributed by atoms with E-state index in [1.165, 1.54) is 18.2 Å². The number of nitro benzene ring substituents is 1. The van der Waals surface area contributed by atoms with Crippen molar-refractivity contribution < 1.29 is 13.3 Å². The lowest BCUT2D eigenvalue weighted by Crippen LogP contribution is -2.51. The summed E-state index contributed by atoms with van der Waals surface area (Å²) in [5, 5.41) is 10.7. The maximum atomic E-state index is 12.4. The van der Waals surface area contributed by atoms with Gasteiger partial charge in [-0.3, -0.25) is 10.1 Å². The number of hydrogen-bond acceptors (Lipinski definition) is 5. The van der Waals surface area contributed by atoms with Crippen molar-refractivity contribution in [1.29, 1.82) is 0 Å². The normalized spacial score (nSPS) is 14.2. The van der Waals surface area contributed by atoms with Gasteiger partial charge in [-0.05, 0) is 25.3 Å². The monoisotopic (exact) mass is 351 g/mol. The first-order valence-corrected chi connectivity index (χ1v) is 8.06. The van der Waals surface area contributed by atoms with Gasteiger partial charge in [-0.2, -0.15) is 0 Å². The zero-order valence-corrected chi connectivity index (χ0v) is 14.4. The Labute approximate surface area is 136 Å². The van der Waals surface area contributed by atoms with E-state index in [-0.39, 0.29) is 35.5 Å². The van der Waals surface area contributed by atoms with Crippen LogP contribution in [0.4, 0.5) is 5.69 Å². The van der Waals surface area contributed by atoms with E-state index in [9.17, 15) is 18.5 Å². The molecule has 0 radical (unpaired) electrons. The molecular formula is C13H22ClN3O4S. The van der Waals surface area contributed by atoms with Gasteiger partial charge in [0.05, 0.1) is 9.82 Å². The van der Waals surface area contributed by atoms with E-state index < -0.39 is 20.5 Å². The minimum atomic E-state index is -3.87. The fourth-order valence-electron chi connectivity index (χ4n) is 2.22. The average molecular weight is 352 g/mol. The number of nitrogens with zero attached hydrogens (tertiary/aromatic N) is 1. The molecule has 7 nitrogen and oxygen atoms in total. The molecule has 1 aromatic carbocycles. The van der Waals surface area contributed by atoms with Gasteiger partial charge >= 0.3 is 0 Å². The topological polar surface area (TPSA) is 115 Å². The Hall–Kier alpha value is -1.22. The molecule has 1 rings (SSSR count). The van der Waals surface area contributed by atoms with Gasteiger partial charge in [0.15, 0.2) is 0 Å². The Balaban J connectivity index is 0.00000441. The van der Waals surface area contributed by atoms with Gasteiger partial charge in [-0.25, -0.2) is 13.1 Å². The number of benzene rings is 1. The van der Waals surface area contributed by atoms with Gasteiger partial charge in [-0.15, -0.1) is 12.4 Å². The number of rotatable bonds is 7. The van der Waals surface area contributed by atoms with Crippen LogP contribution in [0.2, 0.25) is 0 Å². The van der Waals surface area contributed by atoms with Crippen molar-refractivity contribution in [3.63, 3.8) is 0 Å². The number of nitrogens with one attached hydrogen (secondary N) is 1. The summed E-state index contributed by atoms with van der Waals surface area (Å²) in [7, 11) is -3.87. The van der Waals surface area contributed by atoms with Crippen LogP contribution in [0.1, 0.15) is 27.2 Å². The van der Waals surface area contributed by atoms with Crippen LogP contribution in [0.3, 0.4) is 0 Å². The maximum absolute atomic E-state index is 12.4. The zero-order valence-electron chi connectivity index (χ0n) is 12.8. The van der Waals surface area contributed by atoms with Crippen LogP contribution in [0.15, 0.2) is 29.2 Å². The Morgan fingerprint density at radius 3 is 2.45 bits per heavy atom. The second-order valence-corrected chi connectivity index (χ2v) is 7.41. The van der Waals surface area contributed by atoms with Crippen molar-refractivity contribution in [3.05, 3.63) is 34.4 Å². The number of non-ortho nitro benzene ring substituents is 1. The van der Waals surface area contributed by atoms with Gasteiger partial charge in [0, 0.05) is 24.2 Å². The summed E-state index contributed by atoms with van der Waals surface area (Å²) < 4.78 is 27.3. The Kier molecular flexibility index (Phi) is 7.43. The van der Waals surface area contributed by atoms with E-state index in [1.54, 1.807) is 6.92 Å². The van der Waals surface area contributed by atoms with E-state index in [0.717, 1.165) is 6.07 Å². The van der Waals surface area contributed by atoms with Crippen LogP contribution in [0.25, 0.3) is 0 Å². The van der Waals surface area contributed by atoms with Gasteiger partial charge < -0.3 is 5.73 Å². The third-order valence-corrected chi connectivity index (χ3v) is 4.66. The Bertz CT molecular complexity index is 621. The number of hydrogen-bond donors (Lipinski definition) is 2. The molecule has 3 N–H and O–H groups in total. The third-order valence-electron chi connectivity index (χ3n) is 3.03. The standard InChI is InChI=1S/C13H21N3O4S.ClH/c1-10(2)8-13(3,9-14)15-21(19,20)12-6-4-5-11(7-12)16(17)18;/h4-7,10,15H,8-9,14H2,1-3H3;1H. The molecule has 0 heterocycles. The van der Waals surface area contributed by atoms with E-state index in [2.05, 4.69) is 4.72 Å². The second kappa shape index (κ2) is 7.87. The van der Waals surface area contributed by atoms with E-state index in [4.69, 9.17) is 5.73 Å². The van der Waals surface area contributed by atoms with Crippen LogP contribution in [-0.4, -0.2) is 25.4 Å². The minimum Gasteiger partial charge on any atom is -0.329 e. The molecule has 0 aliphatic heterocycles. The van der Waals surface area contributed by atoms with E-state index >= 15 is 0 Å². The van der Waals surface area contributed by atoms with Crippen LogP contribution in [0, 0.1) is 16.0 Å². The van der Waals surface area contributed by atoms with Crippen LogP contribution < -0.4 is 10.5 Å². The van der Waals surface area contributed by atoms with Crippen LogP contribution >= 0.6 is 12.4 Å². The molecule has 0 saturated carbocycles. The molecule has 0 aromatic heterocycles. The Morgan fingerprint density at radius 1 is 1.41 bits per heavy atom. The highest BCUT2D eigenvalue weighted by Gasteiger charge is 2.30. The fourth-order valence-corrected chi connectivity index (χ4v) is 3.68. The molecule has 0 fully saturated rings. The molecule has 1 atom stereocenters. The summed E-state index contributed by atoms with van der Waals surface area (Å²) in [5.41, 5.74) is 4.62. The Morgan fingerprint density at radius 2 is 2.00 bits per heavy atom. The summed E-state index contributed by atoms with van der Waals surface area (Å²) in [6.45, 7) is 5.80. The highest BCUT2D eigenvalue weighted by Crippen LogP contribution is 2.21. The summed E-state index contributed by atoms with van der Waals surface area (Å²) in [6.07, 6.45) is 0.567. The van der Waals surface area contributed by atoms with Crippen molar-refractivity contribution in [3.8, 4) is 0 Å². The summed E-state index contributed by atoms with van der Waals surface area (Å²) >= 11 is 0. The average Bonchev–Trinajstić information content (AvgIpc) is 2.37. The second-order valence-electron chi connectivity index (χ2n) is 5.72. The van der Waals surface area contributed by atoms with Crippen LogP contribution in [-0.2, 0) is 10.0 Å². The smallest absolute Gasteiger partial charge is 0.270 e. The molecule has 0 bridgehead atoms. The van der Waals surface area contributed by atoms with Gasteiger partial charge in [0.25, 0.3) is 5.69 Å². The van der Waals surface area contributed by atoms with Crippen molar-refractivity contribution in [2.45, 2.75) is 37.6 Å². The third kappa shape index (κ3) is 5.53. The van der Waals surface area contributed by atoms with E-state index in [0.29, 0.717) is 6.42 Å². The minimum absolute atomic E-state index is 0. The SMILES string of the molecule is CC(C)CC(C)(CN)NS(=O)(=O)c1cccc([N+](=O)[O-])c1.Cl. The first-order valence-electron chi connectivity index (χ1n) is 6.58. The first kappa shape index (κ1) is 20.8. The fraction of sp³-hybridized carbons (Fsp3) is 0.538. The van der Waals surface area contributed by atoms with Crippen molar-refractivity contribution in [2.75, 3.05) is 6.54 Å². The summed E-state index contributed by atoms with van der Waals surface area (Å²) in [6, 6.07) is 4.94. The van der Waals surface area contributed by atoms with Crippen molar-refractivity contribution >= 4 is 28.1 Å². The molecule has 0 aliphatic rings. The van der Waals surface area contributed by atoms with Crippen molar-refractivity contribution in [2.24, 2.45) is 11.7 Å². The number of nitrogens with two attached hydrogens (primary N) is 1.